The number of nitro groups is 1. The molecule has 0 saturated carbocycles. The summed E-state index contributed by atoms with van der Waals surface area (Å²) in [6.45, 7) is 0. The van der Waals surface area contributed by atoms with Crippen LogP contribution in [0, 0.1) is 16.1 Å². The molecule has 1 rings (SSSR count). The third-order valence-corrected chi connectivity index (χ3v) is 1.68. The van der Waals surface area contributed by atoms with Gasteiger partial charge in [0.1, 0.15) is 0 Å². The molecule has 0 saturated heterocycles. The topological polar surface area (TPSA) is 56.0 Å². The molecular weight excluding hydrogens is 258 g/mol. The molecule has 0 aliphatic heterocycles. The smallest absolute Gasteiger partial charge is 0.258 e. The van der Waals surface area contributed by atoms with Crippen molar-refractivity contribution >= 4 is 5.69 Å². The van der Waals surface area contributed by atoms with Crippen molar-refractivity contribution in [2.75, 3.05) is 0 Å². The number of nitrogens with zero attached hydrogens (tertiary/aromatic N) is 2. The third-order valence-electron chi connectivity index (χ3n) is 1.68. The van der Waals surface area contributed by atoms with Gasteiger partial charge < -0.3 is 0 Å². The van der Waals surface area contributed by atoms with Gasteiger partial charge >= 0.3 is 11.9 Å². The van der Waals surface area contributed by atoms with Gasteiger partial charge in [0.05, 0.1) is 10.5 Å². The summed E-state index contributed by atoms with van der Waals surface area (Å²) in [5.74, 6) is -2.09. The van der Waals surface area contributed by atoms with E-state index >= 15 is 0 Å². The Hall–Kier alpha value is -1.87. The quantitative estimate of drug-likeness (QED) is 0.355. The summed E-state index contributed by atoms with van der Waals surface area (Å²) in [6.07, 6.45) is -8.80. The molecule has 0 amide bonds. The van der Waals surface area contributed by atoms with Crippen LogP contribution in [0.3, 0.4) is 0 Å². The van der Waals surface area contributed by atoms with E-state index in [4.69, 9.17) is 0 Å². The van der Waals surface area contributed by atoms with Gasteiger partial charge in [-0.3, -0.25) is 10.1 Å². The average Bonchev–Trinajstić information content (AvgIpc) is 2.14. The van der Waals surface area contributed by atoms with Gasteiger partial charge in [-0.2, -0.15) is 17.6 Å². The van der Waals surface area contributed by atoms with Crippen molar-refractivity contribution in [1.29, 1.82) is 0 Å². The Morgan fingerprint density at radius 1 is 1.35 bits per heavy atom. The van der Waals surface area contributed by atoms with Crippen LogP contribution in [0.2, 0.25) is 0 Å². The Morgan fingerprint density at radius 2 is 1.88 bits per heavy atom. The van der Waals surface area contributed by atoms with Crippen LogP contribution in [0.25, 0.3) is 0 Å². The fourth-order valence-electron chi connectivity index (χ4n) is 0.996. The second kappa shape index (κ2) is 4.18. The zero-order valence-electron chi connectivity index (χ0n) is 7.63. The SMILES string of the molecule is O=[N+]([O-])c1cc(C(F)F)c(F)nc1C(F)(F)F. The molecule has 0 spiro atoms. The molecule has 1 heterocycles. The van der Waals surface area contributed by atoms with E-state index in [1.807, 2.05) is 0 Å². The van der Waals surface area contributed by atoms with Crippen molar-refractivity contribution in [3.63, 3.8) is 0 Å². The van der Waals surface area contributed by atoms with Crippen LogP contribution in [0.4, 0.5) is 32.0 Å². The van der Waals surface area contributed by atoms with Crippen LogP contribution >= 0.6 is 0 Å². The van der Waals surface area contributed by atoms with E-state index in [-0.39, 0.29) is 6.07 Å². The molecule has 0 aliphatic carbocycles. The van der Waals surface area contributed by atoms with Gasteiger partial charge in [-0.25, -0.2) is 13.8 Å². The molecule has 0 radical (unpaired) electrons. The monoisotopic (exact) mass is 260 g/mol. The summed E-state index contributed by atoms with van der Waals surface area (Å²) in [4.78, 5) is 10.9. The highest BCUT2D eigenvalue weighted by molar-refractivity contribution is 5.40. The Kier molecular flexibility index (Phi) is 3.25. The molecule has 0 atom stereocenters. The minimum Gasteiger partial charge on any atom is -0.258 e. The normalized spacial score (nSPS) is 11.9. The Labute approximate surface area is 89.0 Å². The highest BCUT2D eigenvalue weighted by Gasteiger charge is 2.42. The van der Waals surface area contributed by atoms with Crippen molar-refractivity contribution in [3.05, 3.63) is 33.4 Å². The molecule has 4 nitrogen and oxygen atoms in total. The number of pyridine rings is 1. The molecule has 0 N–H and O–H groups in total. The van der Waals surface area contributed by atoms with E-state index in [9.17, 15) is 36.5 Å². The van der Waals surface area contributed by atoms with Gasteiger partial charge in [-0.1, -0.05) is 0 Å². The van der Waals surface area contributed by atoms with E-state index in [0.29, 0.717) is 0 Å². The summed E-state index contributed by atoms with van der Waals surface area (Å²) in [6, 6.07) is -0.171. The summed E-state index contributed by atoms with van der Waals surface area (Å²) < 4.78 is 73.6. The molecule has 1 aromatic heterocycles. The Balaban J connectivity index is 3.53. The van der Waals surface area contributed by atoms with Crippen LogP contribution < -0.4 is 0 Å². The molecule has 0 aliphatic rings. The number of halogens is 6. The minimum absolute atomic E-state index is 0.171. The minimum atomic E-state index is -5.30. The van der Waals surface area contributed by atoms with Crippen molar-refractivity contribution in [2.24, 2.45) is 0 Å². The maximum atomic E-state index is 12.8. The average molecular weight is 260 g/mol. The maximum Gasteiger partial charge on any atom is 0.440 e. The molecule has 1 aromatic rings. The lowest BCUT2D eigenvalue weighted by atomic mass is 10.2. The van der Waals surface area contributed by atoms with Gasteiger partial charge in [0.25, 0.3) is 6.43 Å². The van der Waals surface area contributed by atoms with E-state index in [0.717, 1.165) is 0 Å². The summed E-state index contributed by atoms with van der Waals surface area (Å²) in [5.41, 5.74) is -5.41. The van der Waals surface area contributed by atoms with Crippen molar-refractivity contribution in [3.8, 4) is 0 Å². The predicted octanol–water partition coefficient (Wildman–Crippen LogP) is 3.09. The van der Waals surface area contributed by atoms with E-state index in [1.54, 1.807) is 0 Å². The number of alkyl halides is 5. The Morgan fingerprint density at radius 3 is 2.24 bits per heavy atom. The fraction of sp³-hybridized carbons (Fsp3) is 0.286. The zero-order valence-corrected chi connectivity index (χ0v) is 7.63. The van der Waals surface area contributed by atoms with Crippen LogP contribution in [0.15, 0.2) is 6.07 Å². The highest BCUT2D eigenvalue weighted by atomic mass is 19.4. The number of hydrogen-bond donors (Lipinski definition) is 0. The molecule has 94 valence electrons. The maximum absolute atomic E-state index is 12.8. The zero-order chi connectivity index (χ0) is 13.4. The van der Waals surface area contributed by atoms with Gasteiger partial charge in [0, 0.05) is 6.07 Å². The van der Waals surface area contributed by atoms with Gasteiger partial charge in [-0.15, -0.1) is 0 Å². The lowest BCUT2D eigenvalue weighted by molar-refractivity contribution is -0.388. The summed E-state index contributed by atoms with van der Waals surface area (Å²) in [7, 11) is 0. The van der Waals surface area contributed by atoms with Gasteiger partial charge in [0.15, 0.2) is 0 Å². The molecule has 0 bridgehead atoms. The lowest BCUT2D eigenvalue weighted by Gasteiger charge is -2.08. The second-order valence-electron chi connectivity index (χ2n) is 2.79. The highest BCUT2D eigenvalue weighted by Crippen LogP contribution is 2.36. The molecule has 10 heteroatoms. The van der Waals surface area contributed by atoms with E-state index in [2.05, 4.69) is 4.98 Å². The first-order valence-corrected chi connectivity index (χ1v) is 3.84. The van der Waals surface area contributed by atoms with Crippen molar-refractivity contribution < 1.29 is 31.3 Å². The summed E-state index contributed by atoms with van der Waals surface area (Å²) >= 11 is 0. The number of hydrogen-bond acceptors (Lipinski definition) is 3. The van der Waals surface area contributed by atoms with Crippen molar-refractivity contribution in [1.82, 2.24) is 4.98 Å². The van der Waals surface area contributed by atoms with Crippen LogP contribution in [0.5, 0.6) is 0 Å². The van der Waals surface area contributed by atoms with Crippen LogP contribution in [0.1, 0.15) is 17.7 Å². The molecule has 0 unspecified atom stereocenters. The molecular formula is C7H2F6N2O2. The first-order valence-electron chi connectivity index (χ1n) is 3.84. The second-order valence-corrected chi connectivity index (χ2v) is 2.79. The largest absolute Gasteiger partial charge is 0.440 e. The van der Waals surface area contributed by atoms with Gasteiger partial charge in [-0.05, 0) is 0 Å². The Bertz CT molecular complexity index is 458. The molecule has 17 heavy (non-hydrogen) atoms. The molecule has 0 fully saturated rings. The van der Waals surface area contributed by atoms with E-state index in [1.165, 1.54) is 0 Å². The van der Waals surface area contributed by atoms with Crippen LogP contribution in [-0.2, 0) is 6.18 Å². The third kappa shape index (κ3) is 2.63. The van der Waals surface area contributed by atoms with Gasteiger partial charge in [0.2, 0.25) is 11.6 Å². The first-order chi connectivity index (χ1) is 7.64. The van der Waals surface area contributed by atoms with E-state index < -0.39 is 40.4 Å². The molecule has 0 aromatic carbocycles. The first kappa shape index (κ1) is 13.2. The fourth-order valence-corrected chi connectivity index (χ4v) is 0.996. The number of rotatable bonds is 2. The predicted molar refractivity (Wildman–Crippen MR) is 40.8 cm³/mol. The van der Waals surface area contributed by atoms with Crippen LogP contribution in [-0.4, -0.2) is 9.91 Å². The van der Waals surface area contributed by atoms with Crippen molar-refractivity contribution in [2.45, 2.75) is 12.6 Å². The standard InChI is InChI=1S/C7H2F6N2O2/c8-5(9)2-1-3(15(16)17)4(7(11,12)13)14-6(2)10/h1,5H. The summed E-state index contributed by atoms with van der Waals surface area (Å²) in [5, 5.41) is 10.3. The lowest BCUT2D eigenvalue weighted by Crippen LogP contribution is -2.14. The number of aromatic nitrogens is 1.